The Bertz CT molecular complexity index is 951. The van der Waals surface area contributed by atoms with Gasteiger partial charge in [-0.15, -0.1) is 0 Å². The second-order valence-electron chi connectivity index (χ2n) is 6.09. The third-order valence-electron chi connectivity index (χ3n) is 4.50. The fraction of sp³-hybridized carbons (Fsp3) is 0.235. The zero-order valence-corrected chi connectivity index (χ0v) is 14.2. The molecule has 1 aromatic carbocycles. The highest BCUT2D eigenvalue weighted by molar-refractivity contribution is 7.89. The summed E-state index contributed by atoms with van der Waals surface area (Å²) in [7, 11) is -3.73. The van der Waals surface area contributed by atoms with E-state index in [4.69, 9.17) is 10.2 Å². The van der Waals surface area contributed by atoms with E-state index in [9.17, 15) is 8.42 Å². The largest absolute Gasteiger partial charge is 0.442 e. The summed E-state index contributed by atoms with van der Waals surface area (Å²) in [6, 6.07) is 14.3. The highest BCUT2D eigenvalue weighted by Crippen LogP contribution is 2.32. The van der Waals surface area contributed by atoms with E-state index in [1.54, 1.807) is 18.3 Å². The number of H-pyrrole nitrogens is 1. The summed E-state index contributed by atoms with van der Waals surface area (Å²) in [5, 5.41) is 6.51. The quantitative estimate of drug-likeness (QED) is 0.740. The van der Waals surface area contributed by atoms with Gasteiger partial charge in [-0.2, -0.15) is 9.40 Å². The number of benzene rings is 1. The Balaban J connectivity index is 1.59. The fourth-order valence-corrected chi connectivity index (χ4v) is 4.58. The van der Waals surface area contributed by atoms with Gasteiger partial charge in [0.25, 0.3) is 10.0 Å². The van der Waals surface area contributed by atoms with Crippen LogP contribution in [0.5, 0.6) is 0 Å². The molecule has 3 aromatic rings. The van der Waals surface area contributed by atoms with Gasteiger partial charge in [0, 0.05) is 31.2 Å². The zero-order chi connectivity index (χ0) is 17.4. The van der Waals surface area contributed by atoms with Crippen molar-refractivity contribution in [3.8, 4) is 11.5 Å². The van der Waals surface area contributed by atoms with Crippen LogP contribution in [-0.4, -0.2) is 42.1 Å². The number of aromatic amines is 1. The first-order valence-electron chi connectivity index (χ1n) is 7.96. The van der Waals surface area contributed by atoms with Crippen molar-refractivity contribution < 1.29 is 12.8 Å². The first kappa shape index (κ1) is 16.1. The summed E-state index contributed by atoms with van der Waals surface area (Å²) in [6.45, 7) is 0.607. The molecule has 0 spiro atoms. The molecule has 0 radical (unpaired) electrons. The van der Waals surface area contributed by atoms with Gasteiger partial charge in [0.15, 0.2) is 5.76 Å². The van der Waals surface area contributed by atoms with Crippen molar-refractivity contribution in [3.63, 3.8) is 0 Å². The van der Waals surface area contributed by atoms with Gasteiger partial charge in [-0.3, -0.25) is 5.10 Å². The van der Waals surface area contributed by atoms with Crippen LogP contribution in [0.15, 0.2) is 64.2 Å². The molecule has 25 heavy (non-hydrogen) atoms. The summed E-state index contributed by atoms with van der Waals surface area (Å²) in [5.74, 6) is 0.400. The van der Waals surface area contributed by atoms with Gasteiger partial charge in [0.05, 0.1) is 0 Å². The lowest BCUT2D eigenvalue weighted by molar-refractivity contribution is 0.414. The lowest BCUT2D eigenvalue weighted by Crippen LogP contribution is -2.32. The van der Waals surface area contributed by atoms with Crippen LogP contribution < -0.4 is 5.73 Å². The van der Waals surface area contributed by atoms with Crippen molar-refractivity contribution in [3.05, 3.63) is 60.3 Å². The van der Waals surface area contributed by atoms with Gasteiger partial charge in [-0.1, -0.05) is 30.3 Å². The van der Waals surface area contributed by atoms with E-state index in [1.165, 1.54) is 10.4 Å². The first-order valence-corrected chi connectivity index (χ1v) is 9.40. The monoisotopic (exact) mass is 358 g/mol. The number of sulfonamides is 1. The molecule has 1 saturated heterocycles. The van der Waals surface area contributed by atoms with Gasteiger partial charge in [0.2, 0.25) is 5.09 Å². The fourth-order valence-electron chi connectivity index (χ4n) is 3.16. The van der Waals surface area contributed by atoms with Crippen LogP contribution in [0.4, 0.5) is 0 Å². The standard InChI is InChI=1S/C17H18N4O3S/c18-14-11-21(10-13(14)12-4-2-1-3-5-12)25(22,23)17-7-6-16(24-17)15-8-9-19-20-15/h1-9,13-14H,10-11,18H2,(H,19,20)/t13-,14+/m1/s1. The number of furan rings is 1. The molecule has 8 heteroatoms. The molecule has 7 nitrogen and oxygen atoms in total. The predicted octanol–water partition coefficient (Wildman–Crippen LogP) is 1.79. The van der Waals surface area contributed by atoms with Crippen LogP contribution in [0.2, 0.25) is 0 Å². The van der Waals surface area contributed by atoms with E-state index in [0.717, 1.165) is 5.56 Å². The summed E-state index contributed by atoms with van der Waals surface area (Å²) in [5.41, 5.74) is 7.88. The molecule has 4 rings (SSSR count). The van der Waals surface area contributed by atoms with Crippen molar-refractivity contribution in [2.24, 2.45) is 5.73 Å². The summed E-state index contributed by atoms with van der Waals surface area (Å²) in [4.78, 5) is 0. The minimum absolute atomic E-state index is 0.0296. The van der Waals surface area contributed by atoms with Gasteiger partial charge in [-0.25, -0.2) is 8.42 Å². The maximum atomic E-state index is 12.9. The van der Waals surface area contributed by atoms with E-state index in [2.05, 4.69) is 10.2 Å². The average Bonchev–Trinajstić information content (AvgIpc) is 3.35. The van der Waals surface area contributed by atoms with Crippen molar-refractivity contribution in [1.29, 1.82) is 0 Å². The molecular weight excluding hydrogens is 340 g/mol. The lowest BCUT2D eigenvalue weighted by atomic mass is 9.95. The lowest BCUT2D eigenvalue weighted by Gasteiger charge is -2.15. The Morgan fingerprint density at radius 1 is 1.12 bits per heavy atom. The zero-order valence-electron chi connectivity index (χ0n) is 13.4. The molecule has 0 amide bonds. The Kier molecular flexibility index (Phi) is 3.95. The number of hydrogen-bond acceptors (Lipinski definition) is 5. The Labute approximate surface area is 145 Å². The maximum absolute atomic E-state index is 12.9. The average molecular weight is 358 g/mol. The minimum atomic E-state index is -3.73. The van der Waals surface area contributed by atoms with E-state index in [-0.39, 0.29) is 23.6 Å². The highest BCUT2D eigenvalue weighted by atomic mass is 32.2. The molecule has 0 saturated carbocycles. The van der Waals surface area contributed by atoms with Crippen LogP contribution in [0, 0.1) is 0 Å². The predicted molar refractivity (Wildman–Crippen MR) is 92.2 cm³/mol. The first-order chi connectivity index (χ1) is 12.1. The van der Waals surface area contributed by atoms with Crippen molar-refractivity contribution in [1.82, 2.24) is 14.5 Å². The van der Waals surface area contributed by atoms with Gasteiger partial charge < -0.3 is 10.2 Å². The van der Waals surface area contributed by atoms with Crippen LogP contribution in [0.25, 0.3) is 11.5 Å². The van der Waals surface area contributed by atoms with Gasteiger partial charge in [-0.05, 0) is 23.8 Å². The molecule has 2 aromatic heterocycles. The smallest absolute Gasteiger partial charge is 0.276 e. The minimum Gasteiger partial charge on any atom is -0.442 e. The molecule has 1 aliphatic heterocycles. The second kappa shape index (κ2) is 6.14. The van der Waals surface area contributed by atoms with Crippen LogP contribution in [-0.2, 0) is 10.0 Å². The summed E-state index contributed by atoms with van der Waals surface area (Å²) < 4.78 is 32.7. The number of rotatable bonds is 4. The molecule has 3 heterocycles. The summed E-state index contributed by atoms with van der Waals surface area (Å²) >= 11 is 0. The number of nitrogens with two attached hydrogens (primary N) is 1. The number of nitrogens with zero attached hydrogens (tertiary/aromatic N) is 2. The van der Waals surface area contributed by atoms with Gasteiger partial charge >= 0.3 is 0 Å². The molecule has 1 aliphatic rings. The van der Waals surface area contributed by atoms with E-state index in [0.29, 0.717) is 18.0 Å². The normalized spacial score (nSPS) is 21.6. The highest BCUT2D eigenvalue weighted by Gasteiger charge is 2.39. The second-order valence-corrected chi connectivity index (χ2v) is 7.96. The van der Waals surface area contributed by atoms with E-state index >= 15 is 0 Å². The number of aromatic nitrogens is 2. The van der Waals surface area contributed by atoms with E-state index < -0.39 is 10.0 Å². The summed E-state index contributed by atoms with van der Waals surface area (Å²) in [6.07, 6.45) is 1.58. The number of hydrogen-bond donors (Lipinski definition) is 2. The molecule has 3 N–H and O–H groups in total. The van der Waals surface area contributed by atoms with Crippen molar-refractivity contribution in [2.45, 2.75) is 17.1 Å². The molecule has 0 unspecified atom stereocenters. The molecule has 0 bridgehead atoms. The Morgan fingerprint density at radius 3 is 2.64 bits per heavy atom. The molecular formula is C17H18N4O3S. The van der Waals surface area contributed by atoms with Crippen LogP contribution in [0.1, 0.15) is 11.5 Å². The van der Waals surface area contributed by atoms with Crippen LogP contribution in [0.3, 0.4) is 0 Å². The topological polar surface area (TPSA) is 105 Å². The molecule has 1 fully saturated rings. The third kappa shape index (κ3) is 2.88. The number of nitrogens with one attached hydrogen (secondary N) is 1. The van der Waals surface area contributed by atoms with Crippen LogP contribution >= 0.6 is 0 Å². The maximum Gasteiger partial charge on any atom is 0.276 e. The third-order valence-corrected chi connectivity index (χ3v) is 6.21. The molecule has 0 aliphatic carbocycles. The Morgan fingerprint density at radius 2 is 1.92 bits per heavy atom. The van der Waals surface area contributed by atoms with Crippen molar-refractivity contribution in [2.75, 3.05) is 13.1 Å². The Hall–Kier alpha value is -2.42. The SMILES string of the molecule is N[C@H]1CN(S(=O)(=O)c2ccc(-c3ccn[nH]3)o2)C[C@@H]1c1ccccc1. The molecule has 130 valence electrons. The van der Waals surface area contributed by atoms with E-state index in [1.807, 2.05) is 30.3 Å². The van der Waals surface area contributed by atoms with Crippen molar-refractivity contribution >= 4 is 10.0 Å². The van der Waals surface area contributed by atoms with Gasteiger partial charge in [0.1, 0.15) is 5.69 Å². The molecule has 2 atom stereocenters.